The Labute approximate surface area is 137 Å². The smallest absolute Gasteiger partial charge is 0.306 e. The second kappa shape index (κ2) is 7.16. The van der Waals surface area contributed by atoms with Gasteiger partial charge in [0.1, 0.15) is 6.10 Å². The van der Waals surface area contributed by atoms with Gasteiger partial charge in [0.25, 0.3) is 0 Å². The highest BCUT2D eigenvalue weighted by molar-refractivity contribution is 5.95. The van der Waals surface area contributed by atoms with Gasteiger partial charge in [-0.2, -0.15) is 0 Å². The van der Waals surface area contributed by atoms with E-state index in [1.165, 1.54) is 6.42 Å². The van der Waals surface area contributed by atoms with Gasteiger partial charge in [0.2, 0.25) is 5.91 Å². The van der Waals surface area contributed by atoms with Crippen molar-refractivity contribution in [1.82, 2.24) is 0 Å². The Morgan fingerprint density at radius 3 is 2.96 bits per heavy atom. The molecule has 4 nitrogen and oxygen atoms in total. The first-order valence-electron chi connectivity index (χ1n) is 8.70. The van der Waals surface area contributed by atoms with Crippen LogP contribution in [0.5, 0.6) is 0 Å². The molecular formula is C19H25NO3. The first kappa shape index (κ1) is 16.0. The van der Waals surface area contributed by atoms with Gasteiger partial charge < -0.3 is 10.1 Å². The summed E-state index contributed by atoms with van der Waals surface area (Å²) in [6, 6.07) is 7.85. The van der Waals surface area contributed by atoms with Crippen LogP contribution in [0.3, 0.4) is 0 Å². The molecule has 1 N–H and O–H groups in total. The first-order valence-corrected chi connectivity index (χ1v) is 8.70. The highest BCUT2D eigenvalue weighted by Gasteiger charge is 2.27. The minimum Gasteiger partial charge on any atom is -0.462 e. The minimum atomic E-state index is -0.157. The van der Waals surface area contributed by atoms with E-state index in [4.69, 9.17) is 4.74 Å². The maximum atomic E-state index is 12.1. The number of carbonyl (C=O) groups is 2. The molecule has 0 saturated heterocycles. The van der Waals surface area contributed by atoms with Gasteiger partial charge in [-0.25, -0.2) is 0 Å². The number of ether oxygens (including phenoxy) is 1. The molecule has 4 heteroatoms. The zero-order valence-corrected chi connectivity index (χ0v) is 13.7. The standard InChI is InChI=1S/C19H25NO3/c1-13-5-4-7-16(11-13)23-18(21)10-9-15-12-14-6-2-3-8-17(14)20-19(15)22/h2-3,6,8,13,15-16H,4-5,7,9-12H2,1H3,(H,20,22). The topological polar surface area (TPSA) is 55.4 Å². The quantitative estimate of drug-likeness (QED) is 0.862. The lowest BCUT2D eigenvalue weighted by molar-refractivity contribution is -0.151. The van der Waals surface area contributed by atoms with Crippen molar-refractivity contribution >= 4 is 17.6 Å². The van der Waals surface area contributed by atoms with Gasteiger partial charge in [0, 0.05) is 18.0 Å². The van der Waals surface area contributed by atoms with Gasteiger partial charge in [-0.15, -0.1) is 0 Å². The van der Waals surface area contributed by atoms with Gasteiger partial charge in [-0.1, -0.05) is 31.5 Å². The zero-order chi connectivity index (χ0) is 16.2. The molecule has 3 atom stereocenters. The molecule has 1 aromatic carbocycles. The van der Waals surface area contributed by atoms with Crippen molar-refractivity contribution in [3.8, 4) is 0 Å². The number of para-hydroxylation sites is 1. The molecule has 0 bridgehead atoms. The SMILES string of the molecule is CC1CCCC(OC(=O)CCC2Cc3ccccc3NC2=O)C1. The summed E-state index contributed by atoms with van der Waals surface area (Å²) >= 11 is 0. The van der Waals surface area contributed by atoms with Gasteiger partial charge >= 0.3 is 5.97 Å². The van der Waals surface area contributed by atoms with E-state index in [-0.39, 0.29) is 23.9 Å². The van der Waals surface area contributed by atoms with E-state index in [2.05, 4.69) is 12.2 Å². The number of nitrogens with one attached hydrogen (secondary N) is 1. The number of anilines is 1. The lowest BCUT2D eigenvalue weighted by Gasteiger charge is -2.27. The Kier molecular flexibility index (Phi) is 4.99. The second-order valence-corrected chi connectivity index (χ2v) is 6.97. The van der Waals surface area contributed by atoms with E-state index >= 15 is 0 Å². The lowest BCUT2D eigenvalue weighted by Crippen LogP contribution is -2.31. The monoisotopic (exact) mass is 315 g/mol. The van der Waals surface area contributed by atoms with Crippen LogP contribution in [0.25, 0.3) is 0 Å². The van der Waals surface area contributed by atoms with E-state index in [1.807, 2.05) is 24.3 Å². The van der Waals surface area contributed by atoms with Crippen molar-refractivity contribution in [2.24, 2.45) is 11.8 Å². The molecule has 1 saturated carbocycles. The van der Waals surface area contributed by atoms with E-state index in [9.17, 15) is 9.59 Å². The Morgan fingerprint density at radius 1 is 1.30 bits per heavy atom. The van der Waals surface area contributed by atoms with E-state index in [0.717, 1.165) is 30.5 Å². The highest BCUT2D eigenvalue weighted by atomic mass is 16.5. The number of esters is 1. The first-order chi connectivity index (χ1) is 11.1. The summed E-state index contributed by atoms with van der Waals surface area (Å²) in [4.78, 5) is 24.2. The van der Waals surface area contributed by atoms with Crippen LogP contribution in [0, 0.1) is 11.8 Å². The normalized spacial score (nSPS) is 27.0. The zero-order valence-electron chi connectivity index (χ0n) is 13.7. The fraction of sp³-hybridized carbons (Fsp3) is 0.579. The molecule has 0 spiro atoms. The molecule has 1 heterocycles. The summed E-state index contributed by atoms with van der Waals surface area (Å²) in [5, 5.41) is 2.93. The third kappa shape index (κ3) is 4.12. The van der Waals surface area contributed by atoms with Crippen LogP contribution in [-0.2, 0) is 20.7 Å². The van der Waals surface area contributed by atoms with Crippen molar-refractivity contribution in [2.75, 3.05) is 5.32 Å². The van der Waals surface area contributed by atoms with Gasteiger partial charge in [0.15, 0.2) is 0 Å². The van der Waals surface area contributed by atoms with Crippen LogP contribution in [0.15, 0.2) is 24.3 Å². The molecule has 124 valence electrons. The van der Waals surface area contributed by atoms with Crippen molar-refractivity contribution in [2.45, 2.75) is 58.0 Å². The third-order valence-electron chi connectivity index (χ3n) is 5.00. The molecule has 3 unspecified atom stereocenters. The summed E-state index contributed by atoms with van der Waals surface area (Å²) in [5.41, 5.74) is 2.04. The third-order valence-corrected chi connectivity index (χ3v) is 5.00. The summed E-state index contributed by atoms with van der Waals surface area (Å²) in [6.45, 7) is 2.21. The average molecular weight is 315 g/mol. The number of carbonyl (C=O) groups excluding carboxylic acids is 2. The van der Waals surface area contributed by atoms with Crippen molar-refractivity contribution < 1.29 is 14.3 Å². The fourth-order valence-electron chi connectivity index (χ4n) is 3.67. The number of amides is 1. The number of fused-ring (bicyclic) bond motifs is 1. The summed E-state index contributed by atoms with van der Waals surface area (Å²) in [5.74, 6) is 0.364. The Balaban J connectivity index is 1.48. The lowest BCUT2D eigenvalue weighted by atomic mass is 9.88. The maximum Gasteiger partial charge on any atom is 0.306 e. The van der Waals surface area contributed by atoms with Gasteiger partial charge in [-0.05, 0) is 49.7 Å². The van der Waals surface area contributed by atoms with Crippen LogP contribution in [-0.4, -0.2) is 18.0 Å². The molecule has 1 aromatic rings. The Morgan fingerprint density at radius 2 is 2.13 bits per heavy atom. The molecule has 23 heavy (non-hydrogen) atoms. The average Bonchev–Trinajstić information content (AvgIpc) is 2.53. The predicted octanol–water partition coefficient (Wildman–Crippen LogP) is 3.70. The van der Waals surface area contributed by atoms with Gasteiger partial charge in [-0.3, -0.25) is 9.59 Å². The molecule has 1 aliphatic heterocycles. The number of rotatable bonds is 4. The molecule has 0 radical (unpaired) electrons. The second-order valence-electron chi connectivity index (χ2n) is 6.97. The molecule has 2 aliphatic rings. The molecule has 3 rings (SSSR count). The van der Waals surface area contributed by atoms with Crippen molar-refractivity contribution in [1.29, 1.82) is 0 Å². The van der Waals surface area contributed by atoms with Crippen LogP contribution < -0.4 is 5.32 Å². The fourth-order valence-corrected chi connectivity index (χ4v) is 3.67. The van der Waals surface area contributed by atoms with E-state index in [0.29, 0.717) is 25.2 Å². The minimum absolute atomic E-state index is 0.0165. The van der Waals surface area contributed by atoms with Crippen LogP contribution in [0.2, 0.25) is 0 Å². The van der Waals surface area contributed by atoms with Crippen molar-refractivity contribution in [3.05, 3.63) is 29.8 Å². The molecule has 1 amide bonds. The number of hydrogen-bond acceptors (Lipinski definition) is 3. The Bertz CT molecular complexity index is 584. The number of benzene rings is 1. The predicted molar refractivity (Wildman–Crippen MR) is 89.0 cm³/mol. The van der Waals surface area contributed by atoms with Crippen LogP contribution in [0.4, 0.5) is 5.69 Å². The van der Waals surface area contributed by atoms with Gasteiger partial charge in [0.05, 0.1) is 0 Å². The van der Waals surface area contributed by atoms with Crippen LogP contribution >= 0.6 is 0 Å². The van der Waals surface area contributed by atoms with Crippen LogP contribution in [0.1, 0.15) is 51.0 Å². The summed E-state index contributed by atoms with van der Waals surface area (Å²) in [7, 11) is 0. The molecule has 1 aliphatic carbocycles. The molecule has 1 fully saturated rings. The molecule has 0 aromatic heterocycles. The summed E-state index contributed by atoms with van der Waals surface area (Å²) in [6.07, 6.45) is 5.99. The van der Waals surface area contributed by atoms with Crippen molar-refractivity contribution in [3.63, 3.8) is 0 Å². The number of hydrogen-bond donors (Lipinski definition) is 1. The van der Waals surface area contributed by atoms with E-state index in [1.54, 1.807) is 0 Å². The highest BCUT2D eigenvalue weighted by Crippen LogP contribution is 2.29. The summed E-state index contributed by atoms with van der Waals surface area (Å²) < 4.78 is 5.59. The van der Waals surface area contributed by atoms with E-state index < -0.39 is 0 Å². The molecular weight excluding hydrogens is 290 g/mol. The Hall–Kier alpha value is -1.84. The maximum absolute atomic E-state index is 12.1. The largest absolute Gasteiger partial charge is 0.462 e.